The van der Waals surface area contributed by atoms with Crippen LogP contribution in [0.3, 0.4) is 0 Å². The van der Waals surface area contributed by atoms with Crippen LogP contribution < -0.4 is 0 Å². The average molecular weight is 176 g/mol. The Labute approximate surface area is 75.4 Å². The summed E-state index contributed by atoms with van der Waals surface area (Å²) in [5, 5.41) is 0. The number of isocyanates is 2. The smallest absolute Gasteiger partial charge is 0.211 e. The number of carbonyl (C=O) groups excluding carboxylic acids is 2. The van der Waals surface area contributed by atoms with Gasteiger partial charge in [0, 0.05) is 6.42 Å². The molecule has 0 aromatic rings. The van der Waals surface area contributed by atoms with Gasteiger partial charge in [-0.15, -0.1) is 0 Å². The molecule has 0 aromatic heterocycles. The Morgan fingerprint density at radius 3 is 2.38 bits per heavy atom. The Morgan fingerprint density at radius 1 is 1.38 bits per heavy atom. The molecule has 0 radical (unpaired) electrons. The van der Waals surface area contributed by atoms with Gasteiger partial charge in [-0.1, -0.05) is 17.7 Å². The van der Waals surface area contributed by atoms with Crippen LogP contribution in [0.5, 0.6) is 0 Å². The van der Waals surface area contributed by atoms with Crippen LogP contribution in [-0.2, 0) is 9.59 Å². The molecule has 1 aliphatic rings. The third-order valence-electron chi connectivity index (χ3n) is 1.82. The molecule has 0 amide bonds. The normalized spacial score (nSPS) is 25.5. The van der Waals surface area contributed by atoms with Crippen molar-refractivity contribution in [3.63, 3.8) is 0 Å². The number of hydrogen-bond donors (Lipinski definition) is 0. The van der Waals surface area contributed by atoms with Crippen molar-refractivity contribution in [1.29, 1.82) is 0 Å². The van der Waals surface area contributed by atoms with Gasteiger partial charge in [-0.05, 0) is 13.0 Å². The van der Waals surface area contributed by atoms with Gasteiger partial charge in [0.05, 0.1) is 0 Å². The van der Waals surface area contributed by atoms with Crippen LogP contribution in [0.15, 0.2) is 33.8 Å². The van der Waals surface area contributed by atoms with E-state index >= 15 is 0 Å². The lowest BCUT2D eigenvalue weighted by molar-refractivity contribution is 0.512. The molecule has 0 bridgehead atoms. The fraction of sp³-hybridized carbons (Fsp3) is 0.333. The molecule has 0 heterocycles. The number of aliphatic imine (C=N–C) groups is 2. The van der Waals surface area contributed by atoms with E-state index in [0.29, 0.717) is 6.42 Å². The van der Waals surface area contributed by atoms with Gasteiger partial charge < -0.3 is 0 Å². The summed E-state index contributed by atoms with van der Waals surface area (Å²) in [5.41, 5.74) is -0.0407. The van der Waals surface area contributed by atoms with E-state index < -0.39 is 5.66 Å². The van der Waals surface area contributed by atoms with Crippen LogP contribution in [0.4, 0.5) is 0 Å². The van der Waals surface area contributed by atoms with Crippen molar-refractivity contribution in [2.75, 3.05) is 0 Å². The summed E-state index contributed by atoms with van der Waals surface area (Å²) in [6.45, 7) is 1.91. The fourth-order valence-electron chi connectivity index (χ4n) is 1.06. The van der Waals surface area contributed by atoms with E-state index in [1.165, 1.54) is 12.2 Å². The summed E-state index contributed by atoms with van der Waals surface area (Å²) in [5.74, 6) is 0. The molecular weight excluding hydrogens is 168 g/mol. The van der Waals surface area contributed by atoms with Crippen LogP contribution in [0.25, 0.3) is 0 Å². The number of nitrogens with zero attached hydrogens (tertiary/aromatic N) is 2. The summed E-state index contributed by atoms with van der Waals surface area (Å²) in [6, 6.07) is 0. The maximum Gasteiger partial charge on any atom is 0.237 e. The quantitative estimate of drug-likeness (QED) is 0.469. The number of hydrogen-bond acceptors (Lipinski definition) is 4. The largest absolute Gasteiger partial charge is 0.237 e. The fourth-order valence-corrected chi connectivity index (χ4v) is 1.06. The second-order valence-corrected chi connectivity index (χ2v) is 2.77. The lowest BCUT2D eigenvalue weighted by atomic mass is 9.99. The minimum Gasteiger partial charge on any atom is -0.211 e. The van der Waals surface area contributed by atoms with Crippen molar-refractivity contribution in [3.05, 3.63) is 23.8 Å². The van der Waals surface area contributed by atoms with Crippen LogP contribution >= 0.6 is 0 Å². The minimum atomic E-state index is -1.09. The molecule has 0 unspecified atom stereocenters. The minimum absolute atomic E-state index is 0.403. The summed E-state index contributed by atoms with van der Waals surface area (Å²) in [6.07, 6.45) is 8.40. The molecule has 0 fully saturated rings. The van der Waals surface area contributed by atoms with E-state index in [0.717, 1.165) is 5.57 Å². The first-order valence-electron chi connectivity index (χ1n) is 3.76. The predicted molar refractivity (Wildman–Crippen MR) is 46.5 cm³/mol. The van der Waals surface area contributed by atoms with Crippen molar-refractivity contribution in [1.82, 2.24) is 0 Å². The Morgan fingerprint density at radius 2 is 2.00 bits per heavy atom. The Kier molecular flexibility index (Phi) is 2.70. The van der Waals surface area contributed by atoms with Gasteiger partial charge in [0.1, 0.15) is 0 Å². The van der Waals surface area contributed by atoms with Crippen LogP contribution in [0, 0.1) is 0 Å². The molecule has 0 saturated carbocycles. The van der Waals surface area contributed by atoms with Crippen molar-refractivity contribution in [2.24, 2.45) is 9.98 Å². The van der Waals surface area contributed by atoms with Crippen LogP contribution in [-0.4, -0.2) is 17.8 Å². The highest BCUT2D eigenvalue weighted by molar-refractivity contribution is 5.43. The summed E-state index contributed by atoms with van der Waals surface area (Å²) < 4.78 is 0. The van der Waals surface area contributed by atoms with Crippen molar-refractivity contribution >= 4 is 12.2 Å². The molecule has 66 valence electrons. The van der Waals surface area contributed by atoms with Gasteiger partial charge in [0.15, 0.2) is 5.66 Å². The summed E-state index contributed by atoms with van der Waals surface area (Å²) >= 11 is 0. The number of allylic oxidation sites excluding steroid dienone is 2. The van der Waals surface area contributed by atoms with E-state index in [4.69, 9.17) is 0 Å². The van der Waals surface area contributed by atoms with Crippen LogP contribution in [0.1, 0.15) is 13.3 Å². The Bertz CT molecular complexity index is 338. The molecule has 1 rings (SSSR count). The molecule has 0 saturated heterocycles. The lowest BCUT2D eigenvalue weighted by Crippen LogP contribution is -2.21. The highest BCUT2D eigenvalue weighted by Crippen LogP contribution is 2.25. The topological polar surface area (TPSA) is 58.9 Å². The molecular formula is C9H8N2O2. The van der Waals surface area contributed by atoms with E-state index in [9.17, 15) is 9.59 Å². The van der Waals surface area contributed by atoms with E-state index in [2.05, 4.69) is 9.98 Å². The van der Waals surface area contributed by atoms with E-state index in [-0.39, 0.29) is 0 Å². The van der Waals surface area contributed by atoms with Crippen LogP contribution in [0.2, 0.25) is 0 Å². The first-order chi connectivity index (χ1) is 6.22. The van der Waals surface area contributed by atoms with Gasteiger partial charge in [0.25, 0.3) is 0 Å². The molecule has 0 N–H and O–H groups in total. The zero-order chi connectivity index (χ0) is 9.73. The second kappa shape index (κ2) is 3.76. The maximum atomic E-state index is 10.1. The summed E-state index contributed by atoms with van der Waals surface area (Å²) in [7, 11) is 0. The Balaban J connectivity index is 3.03. The zero-order valence-corrected chi connectivity index (χ0v) is 7.15. The van der Waals surface area contributed by atoms with Crippen molar-refractivity contribution < 1.29 is 9.59 Å². The SMILES string of the molecule is CC1=CCC(N=C=O)(N=C=O)C=C1. The third kappa shape index (κ3) is 2.09. The Hall–Kier alpha value is -1.76. The zero-order valence-electron chi connectivity index (χ0n) is 7.15. The second-order valence-electron chi connectivity index (χ2n) is 2.77. The highest BCUT2D eigenvalue weighted by atomic mass is 16.1. The first-order valence-corrected chi connectivity index (χ1v) is 3.76. The van der Waals surface area contributed by atoms with Crippen molar-refractivity contribution in [3.8, 4) is 0 Å². The van der Waals surface area contributed by atoms with Gasteiger partial charge in [0.2, 0.25) is 12.2 Å². The van der Waals surface area contributed by atoms with Crippen molar-refractivity contribution in [2.45, 2.75) is 19.0 Å². The van der Waals surface area contributed by atoms with Gasteiger partial charge in [-0.2, -0.15) is 9.98 Å². The molecule has 0 atom stereocenters. The predicted octanol–water partition coefficient (Wildman–Crippen LogP) is 1.26. The average Bonchev–Trinajstić information content (AvgIpc) is 2.11. The number of rotatable bonds is 2. The van der Waals surface area contributed by atoms with Gasteiger partial charge in [-0.25, -0.2) is 9.59 Å². The maximum absolute atomic E-state index is 10.1. The summed E-state index contributed by atoms with van der Waals surface area (Å²) in [4.78, 5) is 27.1. The molecule has 4 nitrogen and oxygen atoms in total. The van der Waals surface area contributed by atoms with E-state index in [1.807, 2.05) is 13.0 Å². The third-order valence-corrected chi connectivity index (χ3v) is 1.82. The van der Waals surface area contributed by atoms with Gasteiger partial charge in [-0.3, -0.25) is 0 Å². The molecule has 1 aliphatic carbocycles. The van der Waals surface area contributed by atoms with E-state index in [1.54, 1.807) is 12.2 Å². The molecule has 13 heavy (non-hydrogen) atoms. The molecule has 4 heteroatoms. The first kappa shape index (κ1) is 9.33. The highest BCUT2D eigenvalue weighted by Gasteiger charge is 2.26. The standard InChI is InChI=1S/C9H8N2O2/c1-8-2-4-9(5-3-8,10-6-12)11-7-13/h2-4H,5H2,1H3. The molecule has 0 spiro atoms. The van der Waals surface area contributed by atoms with Gasteiger partial charge >= 0.3 is 0 Å². The molecule has 0 aromatic carbocycles. The lowest BCUT2D eigenvalue weighted by Gasteiger charge is -2.18. The monoisotopic (exact) mass is 176 g/mol. The molecule has 0 aliphatic heterocycles.